The molecule has 5 nitrogen and oxygen atoms in total. The summed E-state index contributed by atoms with van der Waals surface area (Å²) in [5.41, 5.74) is 3.25. The first-order valence-electron chi connectivity index (χ1n) is 9.03. The summed E-state index contributed by atoms with van der Waals surface area (Å²) in [7, 11) is 0. The number of carbonyl (C=O) groups is 3. The molecule has 0 aliphatic heterocycles. The first-order chi connectivity index (χ1) is 13.3. The molecule has 5 heteroatoms. The van der Waals surface area contributed by atoms with Gasteiger partial charge in [-0.25, -0.2) is 0 Å². The standard InChI is InChI=1S/C14H15NO3.C9H10O/c1-3-18-14(17)11(9-15)8-13(16)12-7-5-4-6-10(12)2;1-7-5-3-4-6-9(7)8(2)10/h4-7,11H,3,8H2,1-2H3;3-6H,1-2H3. The van der Waals surface area contributed by atoms with E-state index in [1.54, 1.807) is 26.0 Å². The predicted octanol–water partition coefficient (Wildman–Crippen LogP) is 4.47. The number of ether oxygens (including phenoxy) is 1. The van der Waals surface area contributed by atoms with E-state index in [0.717, 1.165) is 16.7 Å². The van der Waals surface area contributed by atoms with E-state index in [2.05, 4.69) is 0 Å². The Labute approximate surface area is 165 Å². The first kappa shape index (κ1) is 22.8. The lowest BCUT2D eigenvalue weighted by Gasteiger charge is -2.08. The van der Waals surface area contributed by atoms with Gasteiger partial charge in [-0.2, -0.15) is 5.26 Å². The Kier molecular flexibility index (Phi) is 9.32. The molecule has 146 valence electrons. The second-order valence-electron chi connectivity index (χ2n) is 6.25. The van der Waals surface area contributed by atoms with E-state index in [-0.39, 0.29) is 24.6 Å². The Balaban J connectivity index is 0.000000330. The molecule has 2 aromatic carbocycles. The molecule has 0 N–H and O–H groups in total. The number of carbonyl (C=O) groups excluding carboxylic acids is 3. The zero-order valence-corrected chi connectivity index (χ0v) is 16.7. The van der Waals surface area contributed by atoms with Crippen LogP contribution in [0, 0.1) is 31.1 Å². The fourth-order valence-electron chi connectivity index (χ4n) is 2.57. The molecule has 1 atom stereocenters. The number of benzene rings is 2. The summed E-state index contributed by atoms with van der Waals surface area (Å²) in [5, 5.41) is 8.89. The highest BCUT2D eigenvalue weighted by atomic mass is 16.5. The highest BCUT2D eigenvalue weighted by molar-refractivity contribution is 5.99. The number of aryl methyl sites for hydroxylation is 2. The average molecular weight is 379 g/mol. The van der Waals surface area contributed by atoms with Crippen LogP contribution < -0.4 is 0 Å². The van der Waals surface area contributed by atoms with Crippen LogP contribution in [0.1, 0.15) is 52.1 Å². The largest absolute Gasteiger partial charge is 0.465 e. The summed E-state index contributed by atoms with van der Waals surface area (Å²) < 4.78 is 4.75. The number of hydrogen-bond donors (Lipinski definition) is 0. The van der Waals surface area contributed by atoms with Crippen LogP contribution in [-0.2, 0) is 9.53 Å². The number of esters is 1. The third-order valence-corrected chi connectivity index (χ3v) is 4.09. The van der Waals surface area contributed by atoms with Crippen molar-refractivity contribution in [3.8, 4) is 6.07 Å². The molecule has 0 saturated heterocycles. The Morgan fingerprint density at radius 1 is 0.964 bits per heavy atom. The molecule has 2 rings (SSSR count). The summed E-state index contributed by atoms with van der Waals surface area (Å²) in [4.78, 5) is 34.3. The quantitative estimate of drug-likeness (QED) is 0.546. The van der Waals surface area contributed by atoms with Crippen molar-refractivity contribution in [2.45, 2.75) is 34.1 Å². The minimum absolute atomic E-state index is 0.137. The van der Waals surface area contributed by atoms with Crippen LogP contribution in [0.4, 0.5) is 0 Å². The van der Waals surface area contributed by atoms with Gasteiger partial charge in [0, 0.05) is 17.5 Å². The number of ketones is 2. The van der Waals surface area contributed by atoms with Crippen molar-refractivity contribution in [2.75, 3.05) is 6.61 Å². The van der Waals surface area contributed by atoms with Crippen LogP contribution in [0.15, 0.2) is 48.5 Å². The summed E-state index contributed by atoms with van der Waals surface area (Å²) >= 11 is 0. The molecule has 0 saturated carbocycles. The van der Waals surface area contributed by atoms with Crippen LogP contribution >= 0.6 is 0 Å². The van der Waals surface area contributed by atoms with Crippen molar-refractivity contribution in [3.05, 3.63) is 70.8 Å². The number of nitrogens with zero attached hydrogens (tertiary/aromatic N) is 1. The van der Waals surface area contributed by atoms with Crippen molar-refractivity contribution < 1.29 is 19.1 Å². The van der Waals surface area contributed by atoms with Gasteiger partial charge in [0.15, 0.2) is 17.5 Å². The zero-order chi connectivity index (χ0) is 21.1. The molecule has 1 unspecified atom stereocenters. The summed E-state index contributed by atoms with van der Waals surface area (Å²) in [6.07, 6.45) is -0.139. The molecule has 0 fully saturated rings. The van der Waals surface area contributed by atoms with Crippen LogP contribution in [0.2, 0.25) is 0 Å². The van der Waals surface area contributed by atoms with Crippen molar-refractivity contribution in [1.29, 1.82) is 5.26 Å². The molecule has 2 aromatic rings. The molecule has 0 aromatic heterocycles. The van der Waals surface area contributed by atoms with Gasteiger partial charge in [-0.3, -0.25) is 14.4 Å². The fourth-order valence-corrected chi connectivity index (χ4v) is 2.57. The van der Waals surface area contributed by atoms with Crippen LogP contribution in [0.25, 0.3) is 0 Å². The Bertz CT molecular complexity index is 880. The SMILES string of the molecule is CC(=O)c1ccccc1C.CCOC(=O)C(C#N)CC(=O)c1ccccc1C. The molecule has 0 radical (unpaired) electrons. The molecule has 0 aliphatic carbocycles. The Hall–Kier alpha value is -3.26. The average Bonchev–Trinajstić information content (AvgIpc) is 2.67. The summed E-state index contributed by atoms with van der Waals surface area (Å²) in [5.74, 6) is -1.75. The highest BCUT2D eigenvalue weighted by Gasteiger charge is 2.23. The second kappa shape index (κ2) is 11.5. The van der Waals surface area contributed by atoms with Gasteiger partial charge in [0.1, 0.15) is 0 Å². The fraction of sp³-hybridized carbons (Fsp3) is 0.304. The topological polar surface area (TPSA) is 84.2 Å². The monoisotopic (exact) mass is 379 g/mol. The minimum Gasteiger partial charge on any atom is -0.465 e. The molecular formula is C23H25NO4. The third kappa shape index (κ3) is 6.81. The number of hydrogen-bond acceptors (Lipinski definition) is 5. The third-order valence-electron chi connectivity index (χ3n) is 4.09. The van der Waals surface area contributed by atoms with Crippen molar-refractivity contribution in [1.82, 2.24) is 0 Å². The van der Waals surface area contributed by atoms with E-state index in [9.17, 15) is 14.4 Å². The maximum atomic E-state index is 12.0. The molecule has 28 heavy (non-hydrogen) atoms. The molecule has 0 spiro atoms. The molecule has 0 bridgehead atoms. The number of nitriles is 1. The zero-order valence-electron chi connectivity index (χ0n) is 16.7. The van der Waals surface area contributed by atoms with E-state index in [1.807, 2.05) is 56.3 Å². The van der Waals surface area contributed by atoms with Crippen LogP contribution in [-0.4, -0.2) is 24.1 Å². The van der Waals surface area contributed by atoms with Crippen LogP contribution in [0.3, 0.4) is 0 Å². The van der Waals surface area contributed by atoms with Gasteiger partial charge in [0.05, 0.1) is 12.7 Å². The van der Waals surface area contributed by atoms with E-state index in [4.69, 9.17) is 10.00 Å². The second-order valence-corrected chi connectivity index (χ2v) is 6.25. The molecular weight excluding hydrogens is 354 g/mol. The van der Waals surface area contributed by atoms with Crippen molar-refractivity contribution >= 4 is 17.5 Å². The van der Waals surface area contributed by atoms with Gasteiger partial charge in [0.25, 0.3) is 0 Å². The normalized spacial score (nSPS) is 10.7. The summed E-state index contributed by atoms with van der Waals surface area (Å²) in [6, 6.07) is 16.5. The predicted molar refractivity (Wildman–Crippen MR) is 107 cm³/mol. The van der Waals surface area contributed by atoms with Crippen molar-refractivity contribution in [3.63, 3.8) is 0 Å². The lowest BCUT2D eigenvalue weighted by Crippen LogP contribution is -2.20. The highest BCUT2D eigenvalue weighted by Crippen LogP contribution is 2.14. The van der Waals surface area contributed by atoms with Gasteiger partial charge < -0.3 is 4.74 Å². The minimum atomic E-state index is -1.03. The van der Waals surface area contributed by atoms with E-state index >= 15 is 0 Å². The van der Waals surface area contributed by atoms with Gasteiger partial charge >= 0.3 is 5.97 Å². The van der Waals surface area contributed by atoms with Gasteiger partial charge in [0.2, 0.25) is 0 Å². The van der Waals surface area contributed by atoms with Gasteiger partial charge in [-0.05, 0) is 38.8 Å². The van der Waals surface area contributed by atoms with Gasteiger partial charge in [-0.1, -0.05) is 48.5 Å². The maximum absolute atomic E-state index is 12.0. The lowest BCUT2D eigenvalue weighted by atomic mass is 9.96. The maximum Gasteiger partial charge on any atom is 0.323 e. The molecule has 0 amide bonds. The van der Waals surface area contributed by atoms with Gasteiger partial charge in [-0.15, -0.1) is 0 Å². The Morgan fingerprint density at radius 2 is 1.46 bits per heavy atom. The summed E-state index contributed by atoms with van der Waals surface area (Å²) in [6.45, 7) is 7.21. The molecule has 0 aliphatic rings. The number of Topliss-reactive ketones (excluding diaryl/α,β-unsaturated/α-hetero) is 2. The molecule has 0 heterocycles. The first-order valence-corrected chi connectivity index (χ1v) is 9.03. The van der Waals surface area contributed by atoms with Crippen molar-refractivity contribution in [2.24, 2.45) is 5.92 Å². The van der Waals surface area contributed by atoms with E-state index < -0.39 is 11.9 Å². The van der Waals surface area contributed by atoms with Crippen LogP contribution in [0.5, 0.6) is 0 Å². The Morgan fingerprint density at radius 3 is 1.86 bits per heavy atom. The number of rotatable bonds is 6. The van der Waals surface area contributed by atoms with E-state index in [1.165, 1.54) is 0 Å². The smallest absolute Gasteiger partial charge is 0.323 e. The van der Waals surface area contributed by atoms with E-state index in [0.29, 0.717) is 5.56 Å². The lowest BCUT2D eigenvalue weighted by molar-refractivity contribution is -0.145.